The molecule has 0 aromatic heterocycles. The number of hydrogen-bond acceptors (Lipinski definition) is 3. The van der Waals surface area contributed by atoms with Crippen molar-refractivity contribution in [3.63, 3.8) is 0 Å². The summed E-state index contributed by atoms with van der Waals surface area (Å²) in [5, 5.41) is 3.09. The molecule has 1 atom stereocenters. The van der Waals surface area contributed by atoms with Gasteiger partial charge in [-0.2, -0.15) is 0 Å². The lowest BCUT2D eigenvalue weighted by atomic mass is 9.91. The van der Waals surface area contributed by atoms with E-state index in [1.54, 1.807) is 0 Å². The predicted molar refractivity (Wildman–Crippen MR) is 118 cm³/mol. The number of nitrogens with zero attached hydrogens (tertiary/aromatic N) is 2. The molecule has 2 fully saturated rings. The van der Waals surface area contributed by atoms with Gasteiger partial charge >= 0.3 is 6.03 Å². The lowest BCUT2D eigenvalue weighted by molar-refractivity contribution is -0.130. The van der Waals surface area contributed by atoms with Gasteiger partial charge in [-0.1, -0.05) is 54.6 Å². The van der Waals surface area contributed by atoms with E-state index < -0.39 is 0 Å². The van der Waals surface area contributed by atoms with Crippen molar-refractivity contribution < 1.29 is 9.59 Å². The van der Waals surface area contributed by atoms with E-state index in [0.29, 0.717) is 13.0 Å². The van der Waals surface area contributed by atoms with Crippen LogP contribution in [0.2, 0.25) is 0 Å². The first kappa shape index (κ1) is 19.1. The van der Waals surface area contributed by atoms with E-state index in [2.05, 4.69) is 46.6 Å². The van der Waals surface area contributed by atoms with Gasteiger partial charge in [-0.3, -0.25) is 9.69 Å². The third kappa shape index (κ3) is 3.65. The van der Waals surface area contributed by atoms with Crippen LogP contribution in [0.25, 0.3) is 11.6 Å². The Labute approximate surface area is 177 Å². The zero-order valence-electron chi connectivity index (χ0n) is 17.1. The summed E-state index contributed by atoms with van der Waals surface area (Å²) in [5.41, 5.74) is 5.96. The topological polar surface area (TPSA) is 52.7 Å². The van der Waals surface area contributed by atoms with Crippen LogP contribution in [0.3, 0.4) is 0 Å². The molecule has 2 aromatic rings. The van der Waals surface area contributed by atoms with Gasteiger partial charge in [0.1, 0.15) is 0 Å². The number of imide groups is 1. The van der Waals surface area contributed by atoms with E-state index in [9.17, 15) is 9.59 Å². The van der Waals surface area contributed by atoms with E-state index in [-0.39, 0.29) is 18.0 Å². The summed E-state index contributed by atoms with van der Waals surface area (Å²) < 4.78 is 0. The molecule has 1 aliphatic carbocycles. The Morgan fingerprint density at radius 3 is 2.50 bits per heavy atom. The Hall–Kier alpha value is -2.92. The number of nitrogens with one attached hydrogen (secondary N) is 1. The lowest BCUT2D eigenvalue weighted by Gasteiger charge is -2.33. The second-order valence-electron chi connectivity index (χ2n) is 8.43. The van der Waals surface area contributed by atoms with Crippen molar-refractivity contribution in [3.05, 3.63) is 70.8 Å². The maximum absolute atomic E-state index is 12.8. The number of urea groups is 1. The molecular formula is C25H27N3O2. The molecule has 5 nitrogen and oxygen atoms in total. The van der Waals surface area contributed by atoms with Crippen molar-refractivity contribution in [2.45, 2.75) is 31.7 Å². The van der Waals surface area contributed by atoms with Crippen molar-refractivity contribution >= 4 is 23.6 Å². The van der Waals surface area contributed by atoms with Crippen molar-refractivity contribution in [3.8, 4) is 0 Å². The highest BCUT2D eigenvalue weighted by Gasteiger charge is 2.34. The highest BCUT2D eigenvalue weighted by atomic mass is 16.2. The standard InChI is InChI=1S/C25H27N3O2/c29-24-17-23(26-25(30)28(24)14-13-27-11-5-6-12-27)22-10-4-3-9-21(22)20-15-18-7-1-2-8-19(18)16-20/h1-4,7-10,15,23H,5-6,11-14,16-17H2,(H,26,30). The predicted octanol–water partition coefficient (Wildman–Crippen LogP) is 3.86. The minimum Gasteiger partial charge on any atom is -0.330 e. The Kier molecular flexibility index (Phi) is 5.13. The first-order valence-electron chi connectivity index (χ1n) is 10.9. The quantitative estimate of drug-likeness (QED) is 0.828. The molecule has 2 heterocycles. The van der Waals surface area contributed by atoms with Crippen molar-refractivity contribution in [1.82, 2.24) is 15.1 Å². The van der Waals surface area contributed by atoms with Gasteiger partial charge in [-0.25, -0.2) is 4.79 Å². The molecule has 3 aliphatic rings. The van der Waals surface area contributed by atoms with Gasteiger partial charge in [0.15, 0.2) is 0 Å². The highest BCUT2D eigenvalue weighted by Crippen LogP contribution is 2.36. The summed E-state index contributed by atoms with van der Waals surface area (Å²) in [7, 11) is 0. The van der Waals surface area contributed by atoms with Gasteiger partial charge in [0.25, 0.3) is 0 Å². The minimum absolute atomic E-state index is 0.0820. The van der Waals surface area contributed by atoms with Gasteiger partial charge in [0, 0.05) is 13.1 Å². The number of fused-ring (bicyclic) bond motifs is 1. The third-order valence-corrected chi connectivity index (χ3v) is 6.51. The molecule has 1 N–H and O–H groups in total. The summed E-state index contributed by atoms with van der Waals surface area (Å²) in [6, 6.07) is 16.0. The number of amides is 3. The number of benzene rings is 2. The normalized spacial score (nSPS) is 21.5. The number of allylic oxidation sites excluding steroid dienone is 1. The van der Waals surface area contributed by atoms with E-state index in [1.165, 1.54) is 34.4 Å². The zero-order chi connectivity index (χ0) is 20.5. The molecule has 0 spiro atoms. The lowest BCUT2D eigenvalue weighted by Crippen LogP contribution is -2.53. The zero-order valence-corrected chi connectivity index (χ0v) is 17.1. The summed E-state index contributed by atoms with van der Waals surface area (Å²) in [6.45, 7) is 3.37. The number of carbonyl (C=O) groups excluding carboxylic acids is 2. The number of hydrogen-bond donors (Lipinski definition) is 1. The molecular weight excluding hydrogens is 374 g/mol. The largest absolute Gasteiger partial charge is 0.330 e. The van der Waals surface area contributed by atoms with E-state index in [4.69, 9.17) is 0 Å². The van der Waals surface area contributed by atoms with Crippen LogP contribution in [0.4, 0.5) is 4.79 Å². The summed E-state index contributed by atoms with van der Waals surface area (Å²) in [4.78, 5) is 29.3. The maximum atomic E-state index is 12.8. The fourth-order valence-electron chi connectivity index (χ4n) is 4.88. The summed E-state index contributed by atoms with van der Waals surface area (Å²) in [5.74, 6) is -0.0820. The van der Waals surface area contributed by atoms with Gasteiger partial charge < -0.3 is 10.2 Å². The van der Waals surface area contributed by atoms with Crippen LogP contribution in [-0.2, 0) is 11.2 Å². The molecule has 2 aromatic carbocycles. The fraction of sp³-hybridized carbons (Fsp3) is 0.360. The molecule has 2 saturated heterocycles. The number of rotatable bonds is 5. The molecule has 5 heteroatoms. The molecule has 0 radical (unpaired) electrons. The summed E-state index contributed by atoms with van der Waals surface area (Å²) >= 11 is 0. The fourth-order valence-corrected chi connectivity index (χ4v) is 4.88. The molecule has 0 bridgehead atoms. The van der Waals surface area contributed by atoms with Crippen LogP contribution in [0.15, 0.2) is 48.5 Å². The average Bonchev–Trinajstić information content (AvgIpc) is 3.42. The second-order valence-corrected chi connectivity index (χ2v) is 8.43. The van der Waals surface area contributed by atoms with Crippen molar-refractivity contribution in [2.75, 3.05) is 26.2 Å². The van der Waals surface area contributed by atoms with E-state index in [1.807, 2.05) is 18.2 Å². The Balaban J connectivity index is 1.33. The molecule has 30 heavy (non-hydrogen) atoms. The minimum atomic E-state index is -0.283. The van der Waals surface area contributed by atoms with Gasteiger partial charge in [-0.05, 0) is 60.2 Å². The SMILES string of the molecule is O=C1CC(c2ccccc2C2=Cc3ccccc3C2)NC(=O)N1CCN1CCCC1. The van der Waals surface area contributed by atoms with Crippen LogP contribution >= 0.6 is 0 Å². The maximum Gasteiger partial charge on any atom is 0.324 e. The van der Waals surface area contributed by atoms with Crippen LogP contribution in [0.1, 0.15) is 47.6 Å². The Morgan fingerprint density at radius 2 is 1.70 bits per heavy atom. The third-order valence-electron chi connectivity index (χ3n) is 6.51. The average molecular weight is 402 g/mol. The Morgan fingerprint density at radius 1 is 0.933 bits per heavy atom. The van der Waals surface area contributed by atoms with Gasteiger partial charge in [0.05, 0.1) is 12.5 Å². The van der Waals surface area contributed by atoms with Crippen LogP contribution in [-0.4, -0.2) is 47.9 Å². The molecule has 1 unspecified atom stereocenters. The van der Waals surface area contributed by atoms with Gasteiger partial charge in [-0.15, -0.1) is 0 Å². The second kappa shape index (κ2) is 8.07. The number of likely N-dealkylation sites (tertiary alicyclic amines) is 1. The summed E-state index contributed by atoms with van der Waals surface area (Å²) in [6.07, 6.45) is 5.83. The molecule has 2 aliphatic heterocycles. The molecule has 0 saturated carbocycles. The van der Waals surface area contributed by atoms with Gasteiger partial charge in [0.2, 0.25) is 5.91 Å². The smallest absolute Gasteiger partial charge is 0.324 e. The van der Waals surface area contributed by atoms with Crippen LogP contribution in [0.5, 0.6) is 0 Å². The van der Waals surface area contributed by atoms with E-state index >= 15 is 0 Å². The van der Waals surface area contributed by atoms with Crippen LogP contribution in [0, 0.1) is 0 Å². The first-order valence-corrected chi connectivity index (χ1v) is 10.9. The van der Waals surface area contributed by atoms with Crippen LogP contribution < -0.4 is 5.32 Å². The van der Waals surface area contributed by atoms with Crippen molar-refractivity contribution in [2.24, 2.45) is 0 Å². The molecule has 5 rings (SSSR count). The number of carbonyl (C=O) groups is 2. The highest BCUT2D eigenvalue weighted by molar-refractivity contribution is 5.98. The molecule has 3 amide bonds. The van der Waals surface area contributed by atoms with E-state index in [0.717, 1.165) is 37.2 Å². The Bertz CT molecular complexity index is 989. The first-order chi connectivity index (χ1) is 14.7. The molecule has 154 valence electrons. The van der Waals surface area contributed by atoms with Crippen molar-refractivity contribution in [1.29, 1.82) is 0 Å². The monoisotopic (exact) mass is 401 g/mol.